The third kappa shape index (κ3) is 28.0. The molecule has 0 aromatic carbocycles. The maximum absolute atomic E-state index is 5.63. The van der Waals surface area contributed by atoms with E-state index >= 15 is 0 Å². The molecule has 0 aromatic rings. The second-order valence-electron chi connectivity index (χ2n) is 10.8. The van der Waals surface area contributed by atoms with Crippen molar-refractivity contribution < 1.29 is 0 Å². The molecule has 0 aliphatic carbocycles. The third-order valence-electron chi connectivity index (χ3n) is 7.33. The van der Waals surface area contributed by atoms with Crippen LogP contribution in [0.2, 0.25) is 0 Å². The van der Waals surface area contributed by atoms with Gasteiger partial charge in [-0.25, -0.2) is 0 Å². The lowest BCUT2D eigenvalue weighted by atomic mass is 10.1. The molecule has 2 nitrogen and oxygen atoms in total. The summed E-state index contributed by atoms with van der Waals surface area (Å²) >= 11 is 0. The van der Waals surface area contributed by atoms with Crippen LogP contribution in [0.1, 0.15) is 174 Å². The zero-order valence-corrected chi connectivity index (χ0v) is 23.5. The minimum atomic E-state index is 0.865. The summed E-state index contributed by atoms with van der Waals surface area (Å²) in [6.45, 7) is 9.50. The second kappa shape index (κ2) is 30.0. The molecule has 0 saturated carbocycles. The largest absolute Gasteiger partial charge is 0.330 e. The number of nitrogens with two attached hydrogens (primary N) is 1. The van der Waals surface area contributed by atoms with Gasteiger partial charge in [0.1, 0.15) is 0 Å². The van der Waals surface area contributed by atoms with Gasteiger partial charge in [0.05, 0.1) is 0 Å². The van der Waals surface area contributed by atoms with Crippen LogP contribution in [0.15, 0.2) is 0 Å². The van der Waals surface area contributed by atoms with E-state index in [4.69, 9.17) is 5.73 Å². The molecule has 0 spiro atoms. The topological polar surface area (TPSA) is 29.3 Å². The van der Waals surface area contributed by atoms with Crippen LogP contribution < -0.4 is 5.73 Å². The summed E-state index contributed by atoms with van der Waals surface area (Å²) in [6.07, 6.45) is 35.6. The van der Waals surface area contributed by atoms with Crippen molar-refractivity contribution >= 4 is 0 Å². The zero-order valence-electron chi connectivity index (χ0n) is 23.5. The SMILES string of the molecule is CCCCCCCCCCCCN(CCCCCCCN)CCCCCCCCCCCC. The van der Waals surface area contributed by atoms with Gasteiger partial charge in [-0.3, -0.25) is 0 Å². The smallest absolute Gasteiger partial charge is 0.00187 e. The summed E-state index contributed by atoms with van der Waals surface area (Å²) < 4.78 is 0. The van der Waals surface area contributed by atoms with E-state index < -0.39 is 0 Å². The fourth-order valence-corrected chi connectivity index (χ4v) is 4.99. The molecular weight excluding hydrogens is 400 g/mol. The van der Waals surface area contributed by atoms with Gasteiger partial charge in [0.2, 0.25) is 0 Å². The fourth-order valence-electron chi connectivity index (χ4n) is 4.99. The first kappa shape index (κ1) is 32.9. The standard InChI is InChI=1S/C31H66N2/c1-3-5-7-9-11-13-15-17-21-25-29-33(31-27-23-19-20-24-28-32)30-26-22-18-16-14-12-10-8-6-4-2/h3-32H2,1-2H3. The molecule has 2 N–H and O–H groups in total. The Morgan fingerprint density at radius 3 is 0.848 bits per heavy atom. The minimum absolute atomic E-state index is 0.865. The van der Waals surface area contributed by atoms with E-state index in [2.05, 4.69) is 18.7 Å². The molecule has 33 heavy (non-hydrogen) atoms. The van der Waals surface area contributed by atoms with E-state index in [1.54, 1.807) is 0 Å². The van der Waals surface area contributed by atoms with Crippen LogP contribution >= 0.6 is 0 Å². The van der Waals surface area contributed by atoms with Crippen molar-refractivity contribution in [2.24, 2.45) is 5.73 Å². The Kier molecular flexibility index (Phi) is 29.9. The highest BCUT2D eigenvalue weighted by Gasteiger charge is 2.05. The molecule has 0 amide bonds. The predicted molar refractivity (Wildman–Crippen MR) is 152 cm³/mol. The summed E-state index contributed by atoms with van der Waals surface area (Å²) in [5.74, 6) is 0. The van der Waals surface area contributed by atoms with E-state index in [0.29, 0.717) is 0 Å². The molecule has 2 heteroatoms. The van der Waals surface area contributed by atoms with Crippen molar-refractivity contribution in [1.29, 1.82) is 0 Å². The molecule has 0 fully saturated rings. The molecule has 0 heterocycles. The van der Waals surface area contributed by atoms with Crippen LogP contribution in [0.4, 0.5) is 0 Å². The van der Waals surface area contributed by atoms with Crippen LogP contribution in [-0.4, -0.2) is 31.1 Å². The molecule has 0 atom stereocenters. The Balaban J connectivity index is 3.79. The number of rotatable bonds is 29. The predicted octanol–water partition coefficient (Wildman–Crippen LogP) is 10.0. The molecular formula is C31H66N2. The van der Waals surface area contributed by atoms with E-state index in [-0.39, 0.29) is 0 Å². The van der Waals surface area contributed by atoms with Crippen LogP contribution in [0, 0.1) is 0 Å². The molecule has 200 valence electrons. The fraction of sp³-hybridized carbons (Fsp3) is 1.00. The first-order valence-corrected chi connectivity index (χ1v) is 15.8. The average Bonchev–Trinajstić information content (AvgIpc) is 2.83. The first-order valence-electron chi connectivity index (χ1n) is 15.8. The molecule has 0 aliphatic heterocycles. The van der Waals surface area contributed by atoms with Crippen LogP contribution in [0.3, 0.4) is 0 Å². The molecule has 0 aliphatic rings. The Hall–Kier alpha value is -0.0800. The molecule has 0 aromatic heterocycles. The highest BCUT2D eigenvalue weighted by molar-refractivity contribution is 4.61. The number of nitrogens with zero attached hydrogens (tertiary/aromatic N) is 1. The molecule has 0 bridgehead atoms. The lowest BCUT2D eigenvalue weighted by molar-refractivity contribution is 0.254. The van der Waals surface area contributed by atoms with Gasteiger partial charge in [0.25, 0.3) is 0 Å². The van der Waals surface area contributed by atoms with Crippen LogP contribution in [-0.2, 0) is 0 Å². The van der Waals surface area contributed by atoms with Gasteiger partial charge < -0.3 is 10.6 Å². The lowest BCUT2D eigenvalue weighted by Gasteiger charge is -2.22. The van der Waals surface area contributed by atoms with Crippen molar-refractivity contribution in [3.05, 3.63) is 0 Å². The zero-order chi connectivity index (χ0) is 24.1. The van der Waals surface area contributed by atoms with Gasteiger partial charge in [0, 0.05) is 0 Å². The van der Waals surface area contributed by atoms with Gasteiger partial charge >= 0.3 is 0 Å². The number of unbranched alkanes of at least 4 members (excludes halogenated alkanes) is 22. The molecule has 0 unspecified atom stereocenters. The van der Waals surface area contributed by atoms with Gasteiger partial charge in [0.15, 0.2) is 0 Å². The van der Waals surface area contributed by atoms with E-state index in [9.17, 15) is 0 Å². The highest BCUT2D eigenvalue weighted by Crippen LogP contribution is 2.13. The molecule has 0 radical (unpaired) electrons. The Morgan fingerprint density at radius 1 is 0.333 bits per heavy atom. The van der Waals surface area contributed by atoms with E-state index in [1.165, 1.54) is 180 Å². The van der Waals surface area contributed by atoms with E-state index in [1.807, 2.05) is 0 Å². The first-order chi connectivity index (χ1) is 16.3. The van der Waals surface area contributed by atoms with Gasteiger partial charge in [-0.15, -0.1) is 0 Å². The van der Waals surface area contributed by atoms with Crippen LogP contribution in [0.5, 0.6) is 0 Å². The normalized spacial score (nSPS) is 11.6. The number of hydrogen-bond donors (Lipinski definition) is 1. The summed E-state index contributed by atoms with van der Waals surface area (Å²) in [5.41, 5.74) is 5.63. The summed E-state index contributed by atoms with van der Waals surface area (Å²) in [5, 5.41) is 0. The Morgan fingerprint density at radius 2 is 0.576 bits per heavy atom. The monoisotopic (exact) mass is 467 g/mol. The van der Waals surface area contributed by atoms with Crippen molar-refractivity contribution in [1.82, 2.24) is 4.90 Å². The Bertz CT molecular complexity index is 307. The van der Waals surface area contributed by atoms with Crippen molar-refractivity contribution in [3.63, 3.8) is 0 Å². The molecule has 0 saturated heterocycles. The van der Waals surface area contributed by atoms with Gasteiger partial charge in [-0.1, -0.05) is 149 Å². The number of hydrogen-bond acceptors (Lipinski definition) is 2. The summed E-state index contributed by atoms with van der Waals surface area (Å²) in [4.78, 5) is 2.80. The van der Waals surface area contributed by atoms with Crippen molar-refractivity contribution in [2.45, 2.75) is 174 Å². The van der Waals surface area contributed by atoms with Gasteiger partial charge in [-0.05, 0) is 51.9 Å². The van der Waals surface area contributed by atoms with Gasteiger partial charge in [-0.2, -0.15) is 0 Å². The highest BCUT2D eigenvalue weighted by atomic mass is 15.1. The Labute approximate surface area is 211 Å². The minimum Gasteiger partial charge on any atom is -0.330 e. The van der Waals surface area contributed by atoms with Crippen molar-refractivity contribution in [2.75, 3.05) is 26.2 Å². The second-order valence-corrected chi connectivity index (χ2v) is 10.8. The maximum atomic E-state index is 5.63. The van der Waals surface area contributed by atoms with Crippen LogP contribution in [0.25, 0.3) is 0 Å². The van der Waals surface area contributed by atoms with Crippen molar-refractivity contribution in [3.8, 4) is 0 Å². The average molecular weight is 467 g/mol. The summed E-state index contributed by atoms with van der Waals surface area (Å²) in [7, 11) is 0. The maximum Gasteiger partial charge on any atom is -0.00187 e. The molecule has 0 rings (SSSR count). The quantitative estimate of drug-likeness (QED) is 0.111. The van der Waals surface area contributed by atoms with E-state index in [0.717, 1.165) is 6.54 Å². The lowest BCUT2D eigenvalue weighted by Crippen LogP contribution is -2.27. The summed E-state index contributed by atoms with van der Waals surface area (Å²) in [6, 6.07) is 0. The third-order valence-corrected chi connectivity index (χ3v) is 7.33.